The Morgan fingerprint density at radius 3 is 2.65 bits per heavy atom. The second kappa shape index (κ2) is 5.41. The lowest BCUT2D eigenvalue weighted by Crippen LogP contribution is -2.38. The number of amides is 1. The number of para-hydroxylation sites is 1. The van der Waals surface area contributed by atoms with Crippen molar-refractivity contribution in [1.29, 1.82) is 0 Å². The number of carbonyl (C=O) groups excluding carboxylic acids is 1. The third-order valence-corrected chi connectivity index (χ3v) is 3.22. The summed E-state index contributed by atoms with van der Waals surface area (Å²) >= 11 is 5.98. The van der Waals surface area contributed by atoms with E-state index in [0.717, 1.165) is 25.9 Å². The molecule has 4 heteroatoms. The lowest BCUT2D eigenvalue weighted by molar-refractivity contribution is -0.136. The molecule has 1 fully saturated rings. The highest BCUT2D eigenvalue weighted by Gasteiger charge is 2.24. The standard InChI is InChI=1S/C13H16ClNO2/c1-10(13(16)15-8-4-5-9-15)17-12-7-3-2-6-11(12)14/h2-3,6-7,10H,4-5,8-9H2,1H3/t10-/m0/s1. The van der Waals surface area contributed by atoms with Crippen molar-refractivity contribution in [2.24, 2.45) is 0 Å². The van der Waals surface area contributed by atoms with Crippen molar-refractivity contribution in [2.75, 3.05) is 13.1 Å². The highest BCUT2D eigenvalue weighted by atomic mass is 35.5. The third kappa shape index (κ3) is 2.91. The summed E-state index contributed by atoms with van der Waals surface area (Å²) < 4.78 is 5.60. The van der Waals surface area contributed by atoms with Gasteiger partial charge in [-0.05, 0) is 31.9 Å². The van der Waals surface area contributed by atoms with Crippen LogP contribution >= 0.6 is 11.6 Å². The van der Waals surface area contributed by atoms with Crippen LogP contribution in [0.15, 0.2) is 24.3 Å². The van der Waals surface area contributed by atoms with Gasteiger partial charge in [0.25, 0.3) is 5.91 Å². The Hall–Kier alpha value is -1.22. The Balaban J connectivity index is 1.99. The van der Waals surface area contributed by atoms with Crippen LogP contribution in [0.5, 0.6) is 5.75 Å². The first kappa shape index (κ1) is 12.2. The van der Waals surface area contributed by atoms with Gasteiger partial charge in [0.05, 0.1) is 5.02 Å². The number of nitrogens with zero attached hydrogens (tertiary/aromatic N) is 1. The van der Waals surface area contributed by atoms with Gasteiger partial charge in [0.15, 0.2) is 6.10 Å². The summed E-state index contributed by atoms with van der Waals surface area (Å²) in [4.78, 5) is 13.9. The van der Waals surface area contributed by atoms with Gasteiger partial charge in [0.1, 0.15) is 5.75 Å². The first-order chi connectivity index (χ1) is 8.18. The van der Waals surface area contributed by atoms with E-state index < -0.39 is 6.10 Å². The quantitative estimate of drug-likeness (QED) is 0.829. The van der Waals surface area contributed by atoms with Crippen molar-refractivity contribution in [3.05, 3.63) is 29.3 Å². The zero-order valence-corrected chi connectivity index (χ0v) is 10.6. The maximum absolute atomic E-state index is 12.0. The van der Waals surface area contributed by atoms with Gasteiger partial charge >= 0.3 is 0 Å². The summed E-state index contributed by atoms with van der Waals surface area (Å²) in [6, 6.07) is 7.20. The fourth-order valence-corrected chi connectivity index (χ4v) is 2.16. The molecule has 0 aromatic heterocycles. The van der Waals surface area contributed by atoms with Crippen molar-refractivity contribution in [3.63, 3.8) is 0 Å². The van der Waals surface area contributed by atoms with E-state index in [-0.39, 0.29) is 5.91 Å². The highest BCUT2D eigenvalue weighted by Crippen LogP contribution is 2.24. The SMILES string of the molecule is C[C@H](Oc1ccccc1Cl)C(=O)N1CCCC1. The Morgan fingerprint density at radius 2 is 2.00 bits per heavy atom. The number of rotatable bonds is 3. The maximum atomic E-state index is 12.0. The van der Waals surface area contributed by atoms with Crippen LogP contribution in [0.2, 0.25) is 5.02 Å². The van der Waals surface area contributed by atoms with Crippen molar-refractivity contribution in [3.8, 4) is 5.75 Å². The number of hydrogen-bond donors (Lipinski definition) is 0. The van der Waals surface area contributed by atoms with E-state index >= 15 is 0 Å². The summed E-state index contributed by atoms with van der Waals surface area (Å²) in [5.41, 5.74) is 0. The molecule has 1 aliphatic heterocycles. The molecule has 0 bridgehead atoms. The van der Waals surface area contributed by atoms with E-state index in [2.05, 4.69) is 0 Å². The summed E-state index contributed by atoms with van der Waals surface area (Å²) in [6.45, 7) is 3.45. The van der Waals surface area contributed by atoms with Crippen LogP contribution in [0.3, 0.4) is 0 Å². The summed E-state index contributed by atoms with van der Waals surface area (Å²) in [7, 11) is 0. The van der Waals surface area contributed by atoms with Crippen LogP contribution in [-0.2, 0) is 4.79 Å². The van der Waals surface area contributed by atoms with Crippen LogP contribution in [0, 0.1) is 0 Å². The molecule has 0 spiro atoms. The first-order valence-corrected chi connectivity index (χ1v) is 6.26. The molecule has 0 unspecified atom stereocenters. The number of hydrogen-bond acceptors (Lipinski definition) is 2. The predicted molar refractivity (Wildman–Crippen MR) is 67.4 cm³/mol. The van der Waals surface area contributed by atoms with Gasteiger partial charge in [0, 0.05) is 13.1 Å². The van der Waals surface area contributed by atoms with Gasteiger partial charge < -0.3 is 9.64 Å². The molecule has 1 aromatic rings. The fraction of sp³-hybridized carbons (Fsp3) is 0.462. The molecule has 3 nitrogen and oxygen atoms in total. The van der Waals surface area contributed by atoms with E-state index in [1.165, 1.54) is 0 Å². The highest BCUT2D eigenvalue weighted by molar-refractivity contribution is 6.32. The Labute approximate surface area is 106 Å². The number of halogens is 1. The van der Waals surface area contributed by atoms with Gasteiger partial charge in [-0.2, -0.15) is 0 Å². The van der Waals surface area contributed by atoms with Crippen LogP contribution in [0.4, 0.5) is 0 Å². The molecule has 1 saturated heterocycles. The molecule has 1 aliphatic rings. The molecule has 1 amide bonds. The molecule has 0 saturated carbocycles. The number of carbonyl (C=O) groups is 1. The molecular formula is C13H16ClNO2. The maximum Gasteiger partial charge on any atom is 0.263 e. The molecule has 0 radical (unpaired) electrons. The number of benzene rings is 1. The monoisotopic (exact) mass is 253 g/mol. The van der Waals surface area contributed by atoms with E-state index in [4.69, 9.17) is 16.3 Å². The largest absolute Gasteiger partial charge is 0.479 e. The van der Waals surface area contributed by atoms with Crippen LogP contribution in [0.25, 0.3) is 0 Å². The summed E-state index contributed by atoms with van der Waals surface area (Å²) in [6.07, 6.45) is 1.70. The molecule has 17 heavy (non-hydrogen) atoms. The average Bonchev–Trinajstić information content (AvgIpc) is 2.84. The molecule has 2 rings (SSSR count). The minimum Gasteiger partial charge on any atom is -0.479 e. The molecule has 0 aliphatic carbocycles. The Kier molecular flexibility index (Phi) is 3.89. The van der Waals surface area contributed by atoms with Gasteiger partial charge in [-0.1, -0.05) is 23.7 Å². The normalized spacial score (nSPS) is 16.9. The van der Waals surface area contributed by atoms with E-state index in [9.17, 15) is 4.79 Å². The molecular weight excluding hydrogens is 238 g/mol. The van der Waals surface area contributed by atoms with Gasteiger partial charge in [-0.25, -0.2) is 0 Å². The van der Waals surface area contributed by atoms with Gasteiger partial charge in [-0.15, -0.1) is 0 Å². The van der Waals surface area contributed by atoms with Crippen molar-refractivity contribution in [2.45, 2.75) is 25.9 Å². The fourth-order valence-electron chi connectivity index (χ4n) is 1.98. The molecule has 1 aromatic carbocycles. The van der Waals surface area contributed by atoms with Crippen molar-refractivity contribution >= 4 is 17.5 Å². The lowest BCUT2D eigenvalue weighted by Gasteiger charge is -2.21. The Bertz CT molecular complexity index is 402. The number of ether oxygens (including phenoxy) is 1. The van der Waals surface area contributed by atoms with Crippen LogP contribution < -0.4 is 4.74 Å². The average molecular weight is 254 g/mol. The smallest absolute Gasteiger partial charge is 0.263 e. The molecule has 1 heterocycles. The predicted octanol–water partition coefficient (Wildman–Crippen LogP) is 2.73. The van der Waals surface area contributed by atoms with E-state index in [1.54, 1.807) is 19.1 Å². The second-order valence-electron chi connectivity index (χ2n) is 4.22. The van der Waals surface area contributed by atoms with Crippen molar-refractivity contribution in [1.82, 2.24) is 4.90 Å². The minimum atomic E-state index is -0.479. The zero-order chi connectivity index (χ0) is 12.3. The van der Waals surface area contributed by atoms with Crippen LogP contribution in [0.1, 0.15) is 19.8 Å². The zero-order valence-electron chi connectivity index (χ0n) is 9.86. The number of likely N-dealkylation sites (tertiary alicyclic amines) is 1. The van der Waals surface area contributed by atoms with Gasteiger partial charge in [-0.3, -0.25) is 4.79 Å². The summed E-state index contributed by atoms with van der Waals surface area (Å²) in [5, 5.41) is 0.536. The Morgan fingerprint density at radius 1 is 1.35 bits per heavy atom. The molecule has 0 N–H and O–H groups in total. The topological polar surface area (TPSA) is 29.5 Å². The minimum absolute atomic E-state index is 0.0439. The van der Waals surface area contributed by atoms with E-state index in [1.807, 2.05) is 17.0 Å². The summed E-state index contributed by atoms with van der Waals surface area (Å²) in [5.74, 6) is 0.608. The second-order valence-corrected chi connectivity index (χ2v) is 4.63. The van der Waals surface area contributed by atoms with E-state index in [0.29, 0.717) is 10.8 Å². The molecule has 92 valence electrons. The first-order valence-electron chi connectivity index (χ1n) is 5.88. The van der Waals surface area contributed by atoms with Crippen LogP contribution in [-0.4, -0.2) is 30.0 Å². The van der Waals surface area contributed by atoms with Gasteiger partial charge in [0.2, 0.25) is 0 Å². The lowest BCUT2D eigenvalue weighted by atomic mass is 10.3. The van der Waals surface area contributed by atoms with Crippen molar-refractivity contribution < 1.29 is 9.53 Å². The third-order valence-electron chi connectivity index (χ3n) is 2.91. The molecule has 1 atom stereocenters.